The molecule has 0 aliphatic heterocycles. The Morgan fingerprint density at radius 2 is 1.29 bits per heavy atom. The number of allylic oxidation sites excluding steroid dienone is 2. The molecular formula is C16H29N. The summed E-state index contributed by atoms with van der Waals surface area (Å²) in [5.41, 5.74) is 0. The van der Waals surface area contributed by atoms with E-state index in [-0.39, 0.29) is 0 Å². The predicted octanol–water partition coefficient (Wildman–Crippen LogP) is 5.77. The Hall–Kier alpha value is -0.770. The van der Waals surface area contributed by atoms with Gasteiger partial charge in [-0.25, -0.2) is 0 Å². The van der Waals surface area contributed by atoms with Crippen LogP contribution in [0.4, 0.5) is 0 Å². The predicted molar refractivity (Wildman–Crippen MR) is 75.8 cm³/mol. The van der Waals surface area contributed by atoms with Crippen LogP contribution in [0.1, 0.15) is 84.0 Å². The van der Waals surface area contributed by atoms with Crippen molar-refractivity contribution in [2.45, 2.75) is 84.0 Å². The van der Waals surface area contributed by atoms with Gasteiger partial charge in [-0.2, -0.15) is 5.26 Å². The van der Waals surface area contributed by atoms with Crippen LogP contribution in [0.15, 0.2) is 12.2 Å². The van der Waals surface area contributed by atoms with Gasteiger partial charge in [0.05, 0.1) is 12.5 Å². The van der Waals surface area contributed by atoms with Gasteiger partial charge in [-0.1, -0.05) is 76.9 Å². The molecule has 0 N–H and O–H groups in total. The van der Waals surface area contributed by atoms with Crippen LogP contribution in [0.5, 0.6) is 0 Å². The molecule has 17 heavy (non-hydrogen) atoms. The standard InChI is InChI=1S/C16H29N/c1-2-3-4-5-6-7-8-9-10-11-12-13-14-15-16-17/h13-14H,2-12,15H2,1H3/b14-13+. The van der Waals surface area contributed by atoms with Crippen LogP contribution in [0.25, 0.3) is 0 Å². The summed E-state index contributed by atoms with van der Waals surface area (Å²) in [6.45, 7) is 2.27. The largest absolute Gasteiger partial charge is 0.198 e. The van der Waals surface area contributed by atoms with Gasteiger partial charge in [-0.05, 0) is 12.8 Å². The number of hydrogen-bond acceptors (Lipinski definition) is 1. The Labute approximate surface area is 108 Å². The number of nitrogens with zero attached hydrogens (tertiary/aromatic N) is 1. The average molecular weight is 235 g/mol. The normalized spacial score (nSPS) is 10.8. The maximum Gasteiger partial charge on any atom is 0.0663 e. The molecule has 0 aromatic heterocycles. The SMILES string of the molecule is CCCCCCCCCCCC/C=C/CC#N. The molecule has 0 saturated carbocycles. The van der Waals surface area contributed by atoms with Crippen LogP contribution in [0, 0.1) is 11.3 Å². The number of rotatable bonds is 12. The van der Waals surface area contributed by atoms with Crippen LogP contribution in [-0.2, 0) is 0 Å². The monoisotopic (exact) mass is 235 g/mol. The lowest BCUT2D eigenvalue weighted by molar-refractivity contribution is 0.557. The fourth-order valence-corrected chi connectivity index (χ4v) is 2.00. The molecule has 0 unspecified atom stereocenters. The summed E-state index contributed by atoms with van der Waals surface area (Å²) in [6, 6.07) is 2.12. The summed E-state index contributed by atoms with van der Waals surface area (Å²) < 4.78 is 0. The van der Waals surface area contributed by atoms with E-state index < -0.39 is 0 Å². The number of unbranched alkanes of at least 4 members (excludes halogenated alkanes) is 10. The first-order chi connectivity index (χ1) is 8.41. The lowest BCUT2D eigenvalue weighted by Crippen LogP contribution is -1.81. The van der Waals surface area contributed by atoms with Crippen molar-refractivity contribution in [3.8, 4) is 6.07 Å². The first-order valence-electron chi connectivity index (χ1n) is 7.43. The average Bonchev–Trinajstić information content (AvgIpc) is 2.35. The van der Waals surface area contributed by atoms with Crippen molar-refractivity contribution in [2.75, 3.05) is 0 Å². The summed E-state index contributed by atoms with van der Waals surface area (Å²) in [4.78, 5) is 0. The molecule has 0 saturated heterocycles. The van der Waals surface area contributed by atoms with E-state index in [2.05, 4.69) is 19.1 Å². The van der Waals surface area contributed by atoms with Crippen LogP contribution in [0.3, 0.4) is 0 Å². The Kier molecular flexibility index (Phi) is 14.5. The molecular weight excluding hydrogens is 206 g/mol. The smallest absolute Gasteiger partial charge is 0.0663 e. The van der Waals surface area contributed by atoms with E-state index >= 15 is 0 Å². The van der Waals surface area contributed by atoms with Crippen molar-refractivity contribution in [3.05, 3.63) is 12.2 Å². The molecule has 0 bridgehead atoms. The third-order valence-electron chi connectivity index (χ3n) is 3.10. The van der Waals surface area contributed by atoms with Crippen LogP contribution < -0.4 is 0 Å². The molecule has 0 radical (unpaired) electrons. The lowest BCUT2D eigenvalue weighted by atomic mass is 10.1. The van der Waals surface area contributed by atoms with Crippen molar-refractivity contribution in [2.24, 2.45) is 0 Å². The van der Waals surface area contributed by atoms with Gasteiger partial charge in [0.25, 0.3) is 0 Å². The highest BCUT2D eigenvalue weighted by Gasteiger charge is 1.91. The molecule has 0 fully saturated rings. The second kappa shape index (κ2) is 15.2. The van der Waals surface area contributed by atoms with E-state index in [0.29, 0.717) is 6.42 Å². The van der Waals surface area contributed by atoms with E-state index in [1.807, 2.05) is 6.08 Å². The molecule has 0 spiro atoms. The zero-order valence-electron chi connectivity index (χ0n) is 11.6. The van der Waals surface area contributed by atoms with Gasteiger partial charge in [0.2, 0.25) is 0 Å². The van der Waals surface area contributed by atoms with Crippen molar-refractivity contribution in [3.63, 3.8) is 0 Å². The zero-order chi connectivity index (χ0) is 12.6. The van der Waals surface area contributed by atoms with Crippen LogP contribution in [-0.4, -0.2) is 0 Å². The van der Waals surface area contributed by atoms with Crippen molar-refractivity contribution in [1.82, 2.24) is 0 Å². The van der Waals surface area contributed by atoms with Gasteiger partial charge in [0.15, 0.2) is 0 Å². The summed E-state index contributed by atoms with van der Waals surface area (Å²) in [5, 5.41) is 8.34. The summed E-state index contributed by atoms with van der Waals surface area (Å²) in [6.07, 6.45) is 19.8. The molecule has 0 heterocycles. The first kappa shape index (κ1) is 16.2. The first-order valence-corrected chi connectivity index (χ1v) is 7.43. The van der Waals surface area contributed by atoms with Gasteiger partial charge >= 0.3 is 0 Å². The van der Waals surface area contributed by atoms with E-state index in [9.17, 15) is 0 Å². The Morgan fingerprint density at radius 3 is 1.82 bits per heavy atom. The third-order valence-corrected chi connectivity index (χ3v) is 3.10. The Bertz CT molecular complexity index is 200. The van der Waals surface area contributed by atoms with Gasteiger partial charge in [-0.15, -0.1) is 0 Å². The van der Waals surface area contributed by atoms with Crippen LogP contribution >= 0.6 is 0 Å². The quantitative estimate of drug-likeness (QED) is 0.311. The molecule has 0 rings (SSSR count). The zero-order valence-corrected chi connectivity index (χ0v) is 11.6. The van der Waals surface area contributed by atoms with Crippen molar-refractivity contribution in [1.29, 1.82) is 5.26 Å². The molecule has 0 aliphatic carbocycles. The molecule has 0 aromatic carbocycles. The minimum Gasteiger partial charge on any atom is -0.198 e. The highest BCUT2D eigenvalue weighted by atomic mass is 14.2. The molecule has 0 aromatic rings. The Balaban J connectivity index is 2.96. The molecule has 0 aliphatic rings. The van der Waals surface area contributed by atoms with E-state index in [0.717, 1.165) is 6.42 Å². The van der Waals surface area contributed by atoms with E-state index in [1.54, 1.807) is 0 Å². The fraction of sp³-hybridized carbons (Fsp3) is 0.812. The number of hydrogen-bond donors (Lipinski definition) is 0. The van der Waals surface area contributed by atoms with Crippen molar-refractivity contribution >= 4 is 0 Å². The highest BCUT2D eigenvalue weighted by molar-refractivity contribution is 4.90. The summed E-state index contributed by atoms with van der Waals surface area (Å²) in [5.74, 6) is 0. The second-order valence-corrected chi connectivity index (χ2v) is 4.80. The maximum atomic E-state index is 8.34. The molecule has 1 nitrogen and oxygen atoms in total. The van der Waals surface area contributed by atoms with Crippen molar-refractivity contribution < 1.29 is 0 Å². The maximum absolute atomic E-state index is 8.34. The fourth-order valence-electron chi connectivity index (χ4n) is 2.00. The third kappa shape index (κ3) is 15.2. The van der Waals surface area contributed by atoms with E-state index in [1.165, 1.54) is 64.2 Å². The van der Waals surface area contributed by atoms with Gasteiger partial charge in [0.1, 0.15) is 0 Å². The Morgan fingerprint density at radius 1 is 0.765 bits per heavy atom. The second-order valence-electron chi connectivity index (χ2n) is 4.80. The molecule has 98 valence electrons. The molecule has 0 amide bonds. The van der Waals surface area contributed by atoms with Crippen LogP contribution in [0.2, 0.25) is 0 Å². The lowest BCUT2D eigenvalue weighted by Gasteiger charge is -2.01. The molecule has 0 atom stereocenters. The summed E-state index contributed by atoms with van der Waals surface area (Å²) >= 11 is 0. The minimum absolute atomic E-state index is 0.567. The van der Waals surface area contributed by atoms with Gasteiger partial charge in [0, 0.05) is 0 Å². The topological polar surface area (TPSA) is 23.8 Å². The molecule has 1 heteroatoms. The minimum atomic E-state index is 0.567. The van der Waals surface area contributed by atoms with E-state index in [4.69, 9.17) is 5.26 Å². The van der Waals surface area contributed by atoms with Gasteiger partial charge in [-0.3, -0.25) is 0 Å². The van der Waals surface area contributed by atoms with Gasteiger partial charge < -0.3 is 0 Å². The highest BCUT2D eigenvalue weighted by Crippen LogP contribution is 2.11. The summed E-state index contributed by atoms with van der Waals surface area (Å²) in [7, 11) is 0. The number of nitriles is 1.